The number of nitrogens with zero attached hydrogens (tertiary/aromatic N) is 2. The van der Waals surface area contributed by atoms with Crippen LogP contribution in [0.15, 0.2) is 42.7 Å². The minimum atomic E-state index is -0.426. The van der Waals surface area contributed by atoms with Gasteiger partial charge in [-0.15, -0.1) is 0 Å². The Morgan fingerprint density at radius 1 is 1.32 bits per heavy atom. The largest absolute Gasteiger partial charge is 0.390 e. The third-order valence-corrected chi connectivity index (χ3v) is 3.09. The average molecular weight is 280 g/mol. The zero-order valence-corrected chi connectivity index (χ0v) is 11.4. The lowest BCUT2D eigenvalue weighted by molar-refractivity contribution is 0.147. The monoisotopic (exact) mass is 279 g/mol. The van der Waals surface area contributed by atoms with Gasteiger partial charge < -0.3 is 10.4 Å². The molecule has 0 aliphatic rings. The lowest BCUT2D eigenvalue weighted by atomic mass is 10.1. The Morgan fingerprint density at radius 2 is 2.11 bits per heavy atom. The van der Waals surface area contributed by atoms with Gasteiger partial charge in [0.25, 0.3) is 0 Å². The minimum Gasteiger partial charge on any atom is -0.390 e. The predicted octanol–water partition coefficient (Wildman–Crippen LogP) is 1.73. The molecule has 0 bridgehead atoms. The van der Waals surface area contributed by atoms with Crippen LogP contribution in [0.25, 0.3) is 0 Å². The Hall–Kier alpha value is -1.36. The molecule has 0 amide bonds. The summed E-state index contributed by atoms with van der Waals surface area (Å²) in [5.41, 5.74) is 1.23. The zero-order valence-electron chi connectivity index (χ0n) is 10.7. The lowest BCUT2D eigenvalue weighted by Gasteiger charge is -2.12. The van der Waals surface area contributed by atoms with E-state index in [1.807, 2.05) is 36.5 Å². The molecule has 0 saturated carbocycles. The van der Waals surface area contributed by atoms with Crippen molar-refractivity contribution < 1.29 is 5.11 Å². The summed E-state index contributed by atoms with van der Waals surface area (Å²) >= 11 is 5.83. The Bertz CT molecular complexity index is 470. The molecule has 0 aliphatic heterocycles. The quantitative estimate of drug-likeness (QED) is 0.759. The SMILES string of the molecule is OC(CNCCc1ccc(Cl)cc1)Cn1cccn1. The van der Waals surface area contributed by atoms with Crippen molar-refractivity contribution in [1.82, 2.24) is 15.1 Å². The van der Waals surface area contributed by atoms with Crippen LogP contribution in [-0.4, -0.2) is 34.1 Å². The second kappa shape index (κ2) is 7.28. The first-order valence-electron chi connectivity index (χ1n) is 6.34. The molecule has 1 heterocycles. The molecule has 1 aromatic heterocycles. The second-order valence-corrected chi connectivity index (χ2v) is 4.90. The van der Waals surface area contributed by atoms with E-state index in [1.54, 1.807) is 10.9 Å². The van der Waals surface area contributed by atoms with Crippen LogP contribution < -0.4 is 5.32 Å². The zero-order chi connectivity index (χ0) is 13.5. The van der Waals surface area contributed by atoms with E-state index >= 15 is 0 Å². The molecule has 2 N–H and O–H groups in total. The third kappa shape index (κ3) is 5.03. The van der Waals surface area contributed by atoms with Gasteiger partial charge in [-0.3, -0.25) is 4.68 Å². The van der Waals surface area contributed by atoms with Crippen LogP contribution in [0.3, 0.4) is 0 Å². The summed E-state index contributed by atoms with van der Waals surface area (Å²) in [7, 11) is 0. The van der Waals surface area contributed by atoms with Crippen molar-refractivity contribution in [2.45, 2.75) is 19.1 Å². The number of hydrogen-bond donors (Lipinski definition) is 2. The first kappa shape index (κ1) is 14.1. The van der Waals surface area contributed by atoms with E-state index in [1.165, 1.54) is 5.56 Å². The molecule has 4 nitrogen and oxygen atoms in total. The van der Waals surface area contributed by atoms with Crippen LogP contribution in [0.5, 0.6) is 0 Å². The van der Waals surface area contributed by atoms with Crippen LogP contribution in [0, 0.1) is 0 Å². The first-order valence-corrected chi connectivity index (χ1v) is 6.72. The molecule has 19 heavy (non-hydrogen) atoms. The summed E-state index contributed by atoms with van der Waals surface area (Å²) in [6, 6.07) is 9.67. The predicted molar refractivity (Wildman–Crippen MR) is 76.3 cm³/mol. The van der Waals surface area contributed by atoms with Crippen molar-refractivity contribution in [2.24, 2.45) is 0 Å². The van der Waals surface area contributed by atoms with E-state index in [2.05, 4.69) is 10.4 Å². The van der Waals surface area contributed by atoms with Gasteiger partial charge in [0.05, 0.1) is 12.6 Å². The Balaban J connectivity index is 1.62. The van der Waals surface area contributed by atoms with Crippen molar-refractivity contribution in [3.05, 3.63) is 53.3 Å². The molecule has 1 unspecified atom stereocenters. The van der Waals surface area contributed by atoms with Gasteiger partial charge in [-0.25, -0.2) is 0 Å². The number of aliphatic hydroxyl groups excluding tert-OH is 1. The van der Waals surface area contributed by atoms with E-state index in [4.69, 9.17) is 11.6 Å². The highest BCUT2D eigenvalue weighted by Gasteiger charge is 2.04. The summed E-state index contributed by atoms with van der Waals surface area (Å²) in [6.45, 7) is 1.91. The number of nitrogens with one attached hydrogen (secondary N) is 1. The average Bonchev–Trinajstić information content (AvgIpc) is 2.89. The van der Waals surface area contributed by atoms with Gasteiger partial charge in [-0.05, 0) is 36.7 Å². The van der Waals surface area contributed by atoms with E-state index < -0.39 is 6.10 Å². The molecule has 2 rings (SSSR count). The van der Waals surface area contributed by atoms with E-state index in [0.29, 0.717) is 13.1 Å². The number of rotatable bonds is 7. The summed E-state index contributed by atoms with van der Waals surface area (Å²) in [5, 5.41) is 17.9. The minimum absolute atomic E-state index is 0.426. The third-order valence-electron chi connectivity index (χ3n) is 2.84. The fraction of sp³-hybridized carbons (Fsp3) is 0.357. The summed E-state index contributed by atoms with van der Waals surface area (Å²) in [5.74, 6) is 0. The molecule has 0 radical (unpaired) electrons. The highest BCUT2D eigenvalue weighted by atomic mass is 35.5. The van der Waals surface area contributed by atoms with Gasteiger partial charge in [0.2, 0.25) is 0 Å². The highest BCUT2D eigenvalue weighted by molar-refractivity contribution is 6.30. The van der Waals surface area contributed by atoms with Crippen molar-refractivity contribution >= 4 is 11.6 Å². The summed E-state index contributed by atoms with van der Waals surface area (Å²) in [6.07, 6.45) is 4.05. The van der Waals surface area contributed by atoms with Crippen LogP contribution >= 0.6 is 11.6 Å². The van der Waals surface area contributed by atoms with E-state index in [-0.39, 0.29) is 0 Å². The first-order chi connectivity index (χ1) is 9.24. The van der Waals surface area contributed by atoms with Crippen LogP contribution in [0.2, 0.25) is 5.02 Å². The molecule has 0 saturated heterocycles. The maximum absolute atomic E-state index is 9.81. The molecule has 102 valence electrons. The fourth-order valence-corrected chi connectivity index (χ4v) is 1.97. The van der Waals surface area contributed by atoms with Gasteiger partial charge in [-0.2, -0.15) is 5.10 Å². The van der Waals surface area contributed by atoms with Crippen molar-refractivity contribution in [3.63, 3.8) is 0 Å². The topological polar surface area (TPSA) is 50.1 Å². The molecule has 5 heteroatoms. The van der Waals surface area contributed by atoms with Gasteiger partial charge in [-0.1, -0.05) is 23.7 Å². The highest BCUT2D eigenvalue weighted by Crippen LogP contribution is 2.09. The standard InChI is InChI=1S/C14H18ClN3O/c15-13-4-2-12(3-5-13)6-8-16-10-14(19)11-18-9-1-7-17-18/h1-5,7,9,14,16,19H,6,8,10-11H2. The van der Waals surface area contributed by atoms with Gasteiger partial charge in [0.15, 0.2) is 0 Å². The Labute approximate surface area is 118 Å². The number of aliphatic hydroxyl groups is 1. The van der Waals surface area contributed by atoms with Crippen LogP contribution in [0.4, 0.5) is 0 Å². The number of hydrogen-bond acceptors (Lipinski definition) is 3. The van der Waals surface area contributed by atoms with Gasteiger partial charge in [0.1, 0.15) is 0 Å². The van der Waals surface area contributed by atoms with Gasteiger partial charge in [0, 0.05) is 24.0 Å². The van der Waals surface area contributed by atoms with Crippen molar-refractivity contribution in [1.29, 1.82) is 0 Å². The maximum atomic E-state index is 9.81. The maximum Gasteiger partial charge on any atom is 0.0860 e. The van der Waals surface area contributed by atoms with E-state index in [0.717, 1.165) is 18.0 Å². The lowest BCUT2D eigenvalue weighted by Crippen LogP contribution is -2.31. The molecule has 1 atom stereocenters. The van der Waals surface area contributed by atoms with Crippen LogP contribution in [0.1, 0.15) is 5.56 Å². The second-order valence-electron chi connectivity index (χ2n) is 4.46. The van der Waals surface area contributed by atoms with Crippen molar-refractivity contribution in [2.75, 3.05) is 13.1 Å². The molecule has 1 aromatic carbocycles. The number of halogens is 1. The normalized spacial score (nSPS) is 12.5. The molecule has 0 aliphatic carbocycles. The van der Waals surface area contributed by atoms with E-state index in [9.17, 15) is 5.11 Å². The fourth-order valence-electron chi connectivity index (χ4n) is 1.84. The number of aromatic nitrogens is 2. The van der Waals surface area contributed by atoms with Gasteiger partial charge >= 0.3 is 0 Å². The Kier molecular flexibility index (Phi) is 5.39. The Morgan fingerprint density at radius 3 is 2.79 bits per heavy atom. The van der Waals surface area contributed by atoms with Crippen molar-refractivity contribution in [3.8, 4) is 0 Å². The summed E-state index contributed by atoms with van der Waals surface area (Å²) < 4.78 is 1.73. The molecule has 0 spiro atoms. The van der Waals surface area contributed by atoms with Crippen LogP contribution in [-0.2, 0) is 13.0 Å². The molecule has 2 aromatic rings. The summed E-state index contributed by atoms with van der Waals surface area (Å²) in [4.78, 5) is 0. The number of benzene rings is 1. The smallest absolute Gasteiger partial charge is 0.0860 e. The molecule has 0 fully saturated rings. The molecular formula is C14H18ClN3O. The molecular weight excluding hydrogens is 262 g/mol.